The molecule has 0 aliphatic carbocycles. The highest BCUT2D eigenvalue weighted by atomic mass is 16.5. The Morgan fingerprint density at radius 1 is 1.50 bits per heavy atom. The van der Waals surface area contributed by atoms with Crippen LogP contribution in [0.4, 0.5) is 0 Å². The molecule has 3 rings (SSSR count). The zero-order chi connectivity index (χ0) is 13.9. The number of aliphatic hydroxyl groups is 1. The molecule has 0 bridgehead atoms. The maximum atomic E-state index is 10.1. The Morgan fingerprint density at radius 2 is 2.40 bits per heavy atom. The second kappa shape index (κ2) is 5.64. The Morgan fingerprint density at radius 3 is 3.10 bits per heavy atom. The molecule has 2 atom stereocenters. The molecule has 1 aliphatic heterocycles. The lowest BCUT2D eigenvalue weighted by molar-refractivity contribution is 0.0736. The van der Waals surface area contributed by atoms with Crippen LogP contribution in [0.25, 0.3) is 0 Å². The quantitative estimate of drug-likeness (QED) is 0.819. The van der Waals surface area contributed by atoms with Crippen molar-refractivity contribution < 1.29 is 9.84 Å². The minimum Gasteiger partial charge on any atom is -0.483 e. The lowest BCUT2D eigenvalue weighted by Gasteiger charge is -2.15. The molecule has 0 amide bonds. The number of H-pyrrole nitrogens is 1. The van der Waals surface area contributed by atoms with Crippen LogP contribution in [0.15, 0.2) is 24.8 Å². The second-order valence-corrected chi connectivity index (χ2v) is 4.99. The van der Waals surface area contributed by atoms with Crippen molar-refractivity contribution in [1.82, 2.24) is 24.6 Å². The maximum absolute atomic E-state index is 10.1. The molecular weight excluding hydrogens is 258 g/mol. The van der Waals surface area contributed by atoms with E-state index in [4.69, 9.17) is 4.74 Å². The molecular formula is C13H19N5O2. The number of β-amino-alcohol motifs (C(OH)–C–C–N with tert-alkyl or cyclic N) is 1. The van der Waals surface area contributed by atoms with Gasteiger partial charge in [0.05, 0.1) is 18.9 Å². The van der Waals surface area contributed by atoms with Crippen LogP contribution >= 0.6 is 0 Å². The van der Waals surface area contributed by atoms with Gasteiger partial charge in [-0.25, -0.2) is 4.98 Å². The summed E-state index contributed by atoms with van der Waals surface area (Å²) >= 11 is 0. The second-order valence-electron chi connectivity index (χ2n) is 4.99. The van der Waals surface area contributed by atoms with Gasteiger partial charge in [0, 0.05) is 32.0 Å². The fraction of sp³-hybridized carbons (Fsp3) is 0.538. The van der Waals surface area contributed by atoms with Crippen LogP contribution < -0.4 is 4.74 Å². The highest BCUT2D eigenvalue weighted by molar-refractivity contribution is 5.13. The van der Waals surface area contributed by atoms with Gasteiger partial charge in [0.1, 0.15) is 18.0 Å². The van der Waals surface area contributed by atoms with E-state index in [-0.39, 0.29) is 6.10 Å². The summed E-state index contributed by atoms with van der Waals surface area (Å²) in [5.74, 6) is 1.60. The van der Waals surface area contributed by atoms with Crippen molar-refractivity contribution in [3.05, 3.63) is 30.6 Å². The van der Waals surface area contributed by atoms with E-state index in [2.05, 4.69) is 20.0 Å². The van der Waals surface area contributed by atoms with E-state index in [9.17, 15) is 5.11 Å². The van der Waals surface area contributed by atoms with Gasteiger partial charge in [-0.05, 0) is 6.92 Å². The molecule has 0 radical (unpaired) electrons. The van der Waals surface area contributed by atoms with Crippen LogP contribution in [0.2, 0.25) is 0 Å². The molecule has 2 aromatic heterocycles. The zero-order valence-electron chi connectivity index (χ0n) is 11.4. The SMILES string of the molecule is CCn1cc(O[C@@H]2CN(Cc3ncc[nH]3)C[C@H]2O)cn1. The predicted molar refractivity (Wildman–Crippen MR) is 72.2 cm³/mol. The standard InChI is InChI=1S/C13H19N5O2/c1-2-18-6-10(5-16-18)20-12-8-17(7-11(12)19)9-13-14-3-4-15-13/h3-6,11-12,19H,2,7-9H2,1H3,(H,14,15)/t11-,12-/m1/s1. The third-order valence-corrected chi connectivity index (χ3v) is 3.46. The summed E-state index contributed by atoms with van der Waals surface area (Å²) in [5, 5.41) is 14.3. The first kappa shape index (κ1) is 13.1. The number of nitrogens with zero attached hydrogens (tertiary/aromatic N) is 4. The van der Waals surface area contributed by atoms with Crippen molar-refractivity contribution in [3.63, 3.8) is 0 Å². The van der Waals surface area contributed by atoms with E-state index in [1.165, 1.54) is 0 Å². The van der Waals surface area contributed by atoms with E-state index >= 15 is 0 Å². The first-order valence-electron chi connectivity index (χ1n) is 6.82. The first-order valence-corrected chi connectivity index (χ1v) is 6.82. The lowest BCUT2D eigenvalue weighted by Crippen LogP contribution is -2.29. The predicted octanol–water partition coefficient (Wildman–Crippen LogP) is 0.250. The Hall–Kier alpha value is -1.86. The number of likely N-dealkylation sites (tertiary alicyclic amines) is 1. The molecule has 20 heavy (non-hydrogen) atoms. The monoisotopic (exact) mass is 277 g/mol. The minimum absolute atomic E-state index is 0.223. The van der Waals surface area contributed by atoms with Gasteiger partial charge in [0.2, 0.25) is 0 Å². The number of imidazole rings is 1. The molecule has 0 unspecified atom stereocenters. The van der Waals surface area contributed by atoms with Crippen LogP contribution in [-0.4, -0.2) is 55.1 Å². The molecule has 0 aromatic carbocycles. The average Bonchev–Trinajstić information content (AvgIpc) is 3.14. The molecule has 2 aromatic rings. The summed E-state index contributed by atoms with van der Waals surface area (Å²) in [4.78, 5) is 9.38. The summed E-state index contributed by atoms with van der Waals surface area (Å²) in [6.45, 7) is 4.79. The Balaban J connectivity index is 1.57. The van der Waals surface area contributed by atoms with Crippen molar-refractivity contribution in [3.8, 4) is 5.75 Å². The van der Waals surface area contributed by atoms with Crippen LogP contribution in [0.5, 0.6) is 5.75 Å². The van der Waals surface area contributed by atoms with Crippen LogP contribution in [0, 0.1) is 0 Å². The maximum Gasteiger partial charge on any atom is 0.157 e. The number of rotatable bonds is 5. The highest BCUT2D eigenvalue weighted by Crippen LogP contribution is 2.19. The fourth-order valence-corrected chi connectivity index (χ4v) is 2.43. The highest BCUT2D eigenvalue weighted by Gasteiger charge is 2.33. The molecule has 3 heterocycles. The molecule has 0 saturated carbocycles. The van der Waals surface area contributed by atoms with Gasteiger partial charge in [0.15, 0.2) is 5.75 Å². The average molecular weight is 277 g/mol. The largest absolute Gasteiger partial charge is 0.483 e. The summed E-state index contributed by atoms with van der Waals surface area (Å²) in [6.07, 6.45) is 6.35. The normalized spacial score (nSPS) is 23.3. The molecule has 7 nitrogen and oxygen atoms in total. The molecule has 1 fully saturated rings. The van der Waals surface area contributed by atoms with Gasteiger partial charge in [0.25, 0.3) is 0 Å². The summed E-state index contributed by atoms with van der Waals surface area (Å²) < 4.78 is 7.62. The zero-order valence-corrected chi connectivity index (χ0v) is 11.4. The number of aryl methyl sites for hydroxylation is 1. The van der Waals surface area contributed by atoms with Crippen molar-refractivity contribution in [2.24, 2.45) is 0 Å². The van der Waals surface area contributed by atoms with Crippen LogP contribution in [0.3, 0.4) is 0 Å². The third kappa shape index (κ3) is 2.83. The number of aromatic nitrogens is 4. The number of nitrogens with one attached hydrogen (secondary N) is 1. The van der Waals surface area contributed by atoms with Crippen molar-refractivity contribution in [2.45, 2.75) is 32.2 Å². The molecule has 0 spiro atoms. The number of aromatic amines is 1. The summed E-state index contributed by atoms with van der Waals surface area (Å²) in [6, 6.07) is 0. The van der Waals surface area contributed by atoms with Gasteiger partial charge >= 0.3 is 0 Å². The smallest absolute Gasteiger partial charge is 0.157 e. The van der Waals surface area contributed by atoms with E-state index in [1.54, 1.807) is 23.3 Å². The number of ether oxygens (including phenoxy) is 1. The number of hydrogen-bond donors (Lipinski definition) is 2. The molecule has 7 heteroatoms. The van der Waals surface area contributed by atoms with Crippen LogP contribution in [0.1, 0.15) is 12.7 Å². The van der Waals surface area contributed by atoms with Crippen LogP contribution in [-0.2, 0) is 13.1 Å². The van der Waals surface area contributed by atoms with E-state index in [1.807, 2.05) is 13.1 Å². The van der Waals surface area contributed by atoms with Gasteiger partial charge in [-0.2, -0.15) is 5.10 Å². The Kier molecular flexibility index (Phi) is 3.70. The molecule has 2 N–H and O–H groups in total. The van der Waals surface area contributed by atoms with E-state index in [0.29, 0.717) is 25.4 Å². The number of hydrogen-bond acceptors (Lipinski definition) is 5. The topological polar surface area (TPSA) is 79.2 Å². The lowest BCUT2D eigenvalue weighted by atomic mass is 10.3. The van der Waals surface area contributed by atoms with Gasteiger partial charge in [-0.3, -0.25) is 9.58 Å². The summed E-state index contributed by atoms with van der Waals surface area (Å²) in [5.41, 5.74) is 0. The van der Waals surface area contributed by atoms with Crippen molar-refractivity contribution in [2.75, 3.05) is 13.1 Å². The van der Waals surface area contributed by atoms with E-state index in [0.717, 1.165) is 12.4 Å². The van der Waals surface area contributed by atoms with Crippen molar-refractivity contribution >= 4 is 0 Å². The Bertz CT molecular complexity index is 539. The molecule has 1 aliphatic rings. The van der Waals surface area contributed by atoms with Gasteiger partial charge in [-0.1, -0.05) is 0 Å². The molecule has 108 valence electrons. The fourth-order valence-electron chi connectivity index (χ4n) is 2.43. The van der Waals surface area contributed by atoms with E-state index < -0.39 is 6.10 Å². The van der Waals surface area contributed by atoms with Crippen molar-refractivity contribution in [1.29, 1.82) is 0 Å². The Labute approximate surface area is 117 Å². The first-order chi connectivity index (χ1) is 9.74. The number of aliphatic hydroxyl groups excluding tert-OH is 1. The third-order valence-electron chi connectivity index (χ3n) is 3.46. The van der Waals surface area contributed by atoms with Gasteiger partial charge in [-0.15, -0.1) is 0 Å². The molecule has 1 saturated heterocycles. The minimum atomic E-state index is -0.491. The summed E-state index contributed by atoms with van der Waals surface area (Å²) in [7, 11) is 0. The van der Waals surface area contributed by atoms with Gasteiger partial charge < -0.3 is 14.8 Å².